The van der Waals surface area contributed by atoms with E-state index in [1.165, 1.54) is 5.56 Å². The van der Waals surface area contributed by atoms with Crippen molar-refractivity contribution in [2.75, 3.05) is 11.4 Å². The number of carbonyl (C=O) groups is 1. The number of amides is 1. The number of hydrogen-bond donors (Lipinski definition) is 1. The normalized spacial score (nSPS) is 10.6. The van der Waals surface area contributed by atoms with Crippen molar-refractivity contribution >= 4 is 17.5 Å². The van der Waals surface area contributed by atoms with Gasteiger partial charge in [-0.3, -0.25) is 4.79 Å². The first kappa shape index (κ1) is 15.9. The van der Waals surface area contributed by atoms with Gasteiger partial charge in [0.05, 0.1) is 0 Å². The molecular weight excluding hydrogens is 276 g/mol. The summed E-state index contributed by atoms with van der Waals surface area (Å²) in [5, 5.41) is 2.84. The maximum absolute atomic E-state index is 12.1. The van der Waals surface area contributed by atoms with Gasteiger partial charge < -0.3 is 10.2 Å². The topological polar surface area (TPSA) is 58.1 Å². The number of aryl methyl sites for hydroxylation is 1. The van der Waals surface area contributed by atoms with Gasteiger partial charge in [0.2, 0.25) is 5.95 Å². The highest BCUT2D eigenvalue weighted by Gasteiger charge is 2.14. The van der Waals surface area contributed by atoms with Crippen LogP contribution in [0.4, 0.5) is 11.6 Å². The van der Waals surface area contributed by atoms with Crippen LogP contribution in [0.2, 0.25) is 0 Å². The zero-order chi connectivity index (χ0) is 16.1. The molecule has 0 aliphatic rings. The Morgan fingerprint density at radius 2 is 2.09 bits per heavy atom. The van der Waals surface area contributed by atoms with Crippen LogP contribution in [0.3, 0.4) is 0 Å². The van der Waals surface area contributed by atoms with E-state index in [0.717, 1.165) is 12.2 Å². The van der Waals surface area contributed by atoms with Crippen molar-refractivity contribution in [2.24, 2.45) is 0 Å². The number of benzene rings is 1. The molecule has 0 atom stereocenters. The van der Waals surface area contributed by atoms with E-state index in [1.807, 2.05) is 50.8 Å². The molecule has 22 heavy (non-hydrogen) atoms. The molecule has 1 N–H and O–H groups in total. The van der Waals surface area contributed by atoms with Crippen molar-refractivity contribution < 1.29 is 4.79 Å². The van der Waals surface area contributed by atoms with Gasteiger partial charge in [-0.15, -0.1) is 0 Å². The standard InChI is InChI=1S/C17H22N4O/c1-5-21(14-8-6-7-13(4)11-14)17-18-10-9-15(20-17)16(22)19-12(2)3/h6-12H,5H2,1-4H3,(H,19,22). The molecular formula is C17H22N4O. The van der Waals surface area contributed by atoms with E-state index in [2.05, 4.69) is 21.4 Å². The number of nitrogens with one attached hydrogen (secondary N) is 1. The molecule has 116 valence electrons. The lowest BCUT2D eigenvalue weighted by molar-refractivity contribution is 0.0938. The summed E-state index contributed by atoms with van der Waals surface area (Å²) < 4.78 is 0. The lowest BCUT2D eigenvalue weighted by Gasteiger charge is -2.21. The maximum atomic E-state index is 12.1. The van der Waals surface area contributed by atoms with Crippen LogP contribution in [-0.2, 0) is 0 Å². The van der Waals surface area contributed by atoms with Crippen molar-refractivity contribution in [3.05, 3.63) is 47.8 Å². The summed E-state index contributed by atoms with van der Waals surface area (Å²) in [5.74, 6) is 0.350. The van der Waals surface area contributed by atoms with Crippen molar-refractivity contribution in [1.29, 1.82) is 0 Å². The van der Waals surface area contributed by atoms with Gasteiger partial charge in [-0.1, -0.05) is 12.1 Å². The first-order chi connectivity index (χ1) is 10.5. The molecule has 5 nitrogen and oxygen atoms in total. The minimum absolute atomic E-state index is 0.0740. The quantitative estimate of drug-likeness (QED) is 0.921. The van der Waals surface area contributed by atoms with Gasteiger partial charge in [0, 0.05) is 24.5 Å². The van der Waals surface area contributed by atoms with Gasteiger partial charge in [-0.2, -0.15) is 0 Å². The van der Waals surface area contributed by atoms with Gasteiger partial charge in [0.1, 0.15) is 5.69 Å². The predicted molar refractivity (Wildman–Crippen MR) is 88.5 cm³/mol. The third-order valence-electron chi connectivity index (χ3n) is 3.17. The molecule has 1 amide bonds. The fourth-order valence-electron chi connectivity index (χ4n) is 2.18. The predicted octanol–water partition coefficient (Wildman–Crippen LogP) is 3.08. The van der Waals surface area contributed by atoms with Crippen LogP contribution in [0.15, 0.2) is 36.5 Å². The van der Waals surface area contributed by atoms with E-state index in [-0.39, 0.29) is 11.9 Å². The second-order valence-electron chi connectivity index (χ2n) is 5.45. The SMILES string of the molecule is CCN(c1cccc(C)c1)c1nccc(C(=O)NC(C)C)n1. The van der Waals surface area contributed by atoms with Crippen molar-refractivity contribution in [2.45, 2.75) is 33.7 Å². The molecule has 0 saturated carbocycles. The van der Waals surface area contributed by atoms with Crippen molar-refractivity contribution in [3.8, 4) is 0 Å². The number of hydrogen-bond acceptors (Lipinski definition) is 4. The Bertz CT molecular complexity index is 655. The molecule has 1 aromatic heterocycles. The van der Waals surface area contributed by atoms with E-state index >= 15 is 0 Å². The highest BCUT2D eigenvalue weighted by atomic mass is 16.1. The van der Waals surface area contributed by atoms with Crippen LogP contribution >= 0.6 is 0 Å². The second kappa shape index (κ2) is 7.02. The fraction of sp³-hybridized carbons (Fsp3) is 0.353. The number of aromatic nitrogens is 2. The third-order valence-corrected chi connectivity index (χ3v) is 3.17. The van der Waals surface area contributed by atoms with Crippen LogP contribution in [-0.4, -0.2) is 28.5 Å². The summed E-state index contributed by atoms with van der Waals surface area (Å²) in [6, 6.07) is 9.84. The zero-order valence-electron chi connectivity index (χ0n) is 13.5. The van der Waals surface area contributed by atoms with E-state index in [4.69, 9.17) is 0 Å². The Morgan fingerprint density at radius 1 is 1.32 bits per heavy atom. The maximum Gasteiger partial charge on any atom is 0.270 e. The average molecular weight is 298 g/mol. The van der Waals surface area contributed by atoms with Gasteiger partial charge in [-0.05, 0) is 51.5 Å². The van der Waals surface area contributed by atoms with Crippen LogP contribution in [0.5, 0.6) is 0 Å². The summed E-state index contributed by atoms with van der Waals surface area (Å²) >= 11 is 0. The number of nitrogens with zero attached hydrogens (tertiary/aromatic N) is 3. The Morgan fingerprint density at radius 3 is 2.73 bits per heavy atom. The summed E-state index contributed by atoms with van der Waals surface area (Å²) in [5.41, 5.74) is 2.57. The molecule has 2 aromatic rings. The van der Waals surface area contributed by atoms with Crippen LogP contribution in [0.1, 0.15) is 36.8 Å². The van der Waals surface area contributed by atoms with E-state index < -0.39 is 0 Å². The number of carbonyl (C=O) groups excluding carboxylic acids is 1. The van der Waals surface area contributed by atoms with Gasteiger partial charge in [0.25, 0.3) is 5.91 Å². The minimum Gasteiger partial charge on any atom is -0.349 e. The first-order valence-electron chi connectivity index (χ1n) is 7.49. The molecule has 0 unspecified atom stereocenters. The molecule has 0 aliphatic carbocycles. The Balaban J connectivity index is 2.32. The van der Waals surface area contributed by atoms with Crippen molar-refractivity contribution in [3.63, 3.8) is 0 Å². The highest BCUT2D eigenvalue weighted by molar-refractivity contribution is 5.92. The fourth-order valence-corrected chi connectivity index (χ4v) is 2.18. The van der Waals surface area contributed by atoms with E-state index in [9.17, 15) is 4.79 Å². The van der Waals surface area contributed by atoms with Gasteiger partial charge >= 0.3 is 0 Å². The molecule has 0 bridgehead atoms. The Labute approximate surface area is 131 Å². The molecule has 1 aromatic carbocycles. The van der Waals surface area contributed by atoms with Gasteiger partial charge in [0.15, 0.2) is 0 Å². The number of rotatable bonds is 5. The highest BCUT2D eigenvalue weighted by Crippen LogP contribution is 2.22. The third kappa shape index (κ3) is 3.81. The Kier molecular flexibility index (Phi) is 5.09. The lowest BCUT2D eigenvalue weighted by Crippen LogP contribution is -2.31. The monoisotopic (exact) mass is 298 g/mol. The molecule has 0 fully saturated rings. The molecule has 0 aliphatic heterocycles. The molecule has 5 heteroatoms. The molecule has 0 radical (unpaired) electrons. The van der Waals surface area contributed by atoms with Crippen LogP contribution in [0, 0.1) is 6.92 Å². The average Bonchev–Trinajstić information content (AvgIpc) is 2.48. The largest absolute Gasteiger partial charge is 0.349 e. The Hall–Kier alpha value is -2.43. The van der Waals surface area contributed by atoms with Gasteiger partial charge in [-0.25, -0.2) is 9.97 Å². The van der Waals surface area contributed by atoms with Crippen molar-refractivity contribution in [1.82, 2.24) is 15.3 Å². The summed E-state index contributed by atoms with van der Waals surface area (Å²) in [6.45, 7) is 8.64. The number of anilines is 2. The minimum atomic E-state index is -0.182. The van der Waals surface area contributed by atoms with Crippen LogP contribution in [0.25, 0.3) is 0 Å². The van der Waals surface area contributed by atoms with E-state index in [1.54, 1.807) is 12.3 Å². The first-order valence-corrected chi connectivity index (χ1v) is 7.49. The second-order valence-corrected chi connectivity index (χ2v) is 5.45. The lowest BCUT2D eigenvalue weighted by atomic mass is 10.2. The van der Waals surface area contributed by atoms with Crippen LogP contribution < -0.4 is 10.2 Å². The molecule has 0 saturated heterocycles. The summed E-state index contributed by atoms with van der Waals surface area (Å²) in [4.78, 5) is 22.8. The molecule has 2 rings (SSSR count). The molecule has 0 spiro atoms. The zero-order valence-corrected chi connectivity index (χ0v) is 13.5. The summed E-state index contributed by atoms with van der Waals surface area (Å²) in [6.07, 6.45) is 1.62. The molecule has 1 heterocycles. The summed E-state index contributed by atoms with van der Waals surface area (Å²) in [7, 11) is 0. The smallest absolute Gasteiger partial charge is 0.270 e. The van der Waals surface area contributed by atoms with E-state index in [0.29, 0.717) is 11.6 Å².